The Bertz CT molecular complexity index is 557. The van der Waals surface area contributed by atoms with Gasteiger partial charge in [0, 0.05) is 31.5 Å². The molecule has 0 saturated heterocycles. The van der Waals surface area contributed by atoms with E-state index >= 15 is 0 Å². The van der Waals surface area contributed by atoms with Crippen molar-refractivity contribution in [3.63, 3.8) is 0 Å². The van der Waals surface area contributed by atoms with Crippen LogP contribution >= 0.6 is 11.6 Å². The van der Waals surface area contributed by atoms with Gasteiger partial charge in [0.25, 0.3) is 0 Å². The van der Waals surface area contributed by atoms with Crippen LogP contribution in [0.1, 0.15) is 19.3 Å². The van der Waals surface area contributed by atoms with Gasteiger partial charge in [-0.15, -0.1) is 5.10 Å². The molecule has 0 aliphatic heterocycles. The van der Waals surface area contributed by atoms with E-state index < -0.39 is 0 Å². The predicted octanol–water partition coefficient (Wildman–Crippen LogP) is 2.39. The molecule has 0 unspecified atom stereocenters. The van der Waals surface area contributed by atoms with Gasteiger partial charge in [-0.25, -0.2) is 4.68 Å². The quantitative estimate of drug-likeness (QED) is 0.627. The first-order chi connectivity index (χ1) is 9.72. The van der Waals surface area contributed by atoms with E-state index in [0.29, 0.717) is 16.5 Å². The first-order valence-electron chi connectivity index (χ1n) is 6.53. The molecule has 0 spiro atoms. The van der Waals surface area contributed by atoms with Crippen LogP contribution < -0.4 is 5.73 Å². The summed E-state index contributed by atoms with van der Waals surface area (Å²) in [6.45, 7) is 1.54. The van der Waals surface area contributed by atoms with Crippen LogP contribution in [0.2, 0.25) is 5.02 Å². The van der Waals surface area contributed by atoms with Crippen molar-refractivity contribution in [2.45, 2.75) is 25.8 Å². The van der Waals surface area contributed by atoms with E-state index in [1.54, 1.807) is 23.9 Å². The SMILES string of the molecule is COCCCCCn1nnnc1-c1ccc(N)cc1Cl. The van der Waals surface area contributed by atoms with Gasteiger partial charge < -0.3 is 10.5 Å². The molecular weight excluding hydrogens is 278 g/mol. The van der Waals surface area contributed by atoms with Crippen LogP contribution in [-0.4, -0.2) is 33.9 Å². The van der Waals surface area contributed by atoms with Crippen LogP contribution in [0.4, 0.5) is 5.69 Å². The molecule has 7 heteroatoms. The number of hydrogen-bond donors (Lipinski definition) is 1. The third-order valence-corrected chi connectivity index (χ3v) is 3.30. The minimum atomic E-state index is 0.556. The van der Waals surface area contributed by atoms with Gasteiger partial charge in [0.1, 0.15) is 0 Å². The molecule has 0 bridgehead atoms. The zero-order chi connectivity index (χ0) is 14.4. The van der Waals surface area contributed by atoms with Gasteiger partial charge in [-0.1, -0.05) is 11.6 Å². The maximum absolute atomic E-state index is 6.19. The fourth-order valence-corrected chi connectivity index (χ4v) is 2.22. The van der Waals surface area contributed by atoms with Gasteiger partial charge in [-0.3, -0.25) is 0 Å². The molecule has 0 radical (unpaired) electrons. The van der Waals surface area contributed by atoms with Gasteiger partial charge in [0.05, 0.1) is 5.02 Å². The van der Waals surface area contributed by atoms with Gasteiger partial charge >= 0.3 is 0 Å². The average molecular weight is 296 g/mol. The van der Waals surface area contributed by atoms with Crippen molar-refractivity contribution in [3.05, 3.63) is 23.2 Å². The molecule has 0 fully saturated rings. The molecule has 2 aromatic rings. The smallest absolute Gasteiger partial charge is 0.183 e. The van der Waals surface area contributed by atoms with Crippen molar-refractivity contribution < 1.29 is 4.74 Å². The number of benzene rings is 1. The van der Waals surface area contributed by atoms with Crippen LogP contribution in [0, 0.1) is 0 Å². The molecule has 1 heterocycles. The Balaban J connectivity index is 2.04. The minimum Gasteiger partial charge on any atom is -0.399 e. The van der Waals surface area contributed by atoms with Crippen molar-refractivity contribution in [2.24, 2.45) is 0 Å². The third kappa shape index (κ3) is 3.68. The van der Waals surface area contributed by atoms with Crippen LogP contribution in [0.3, 0.4) is 0 Å². The lowest BCUT2D eigenvalue weighted by molar-refractivity contribution is 0.191. The van der Waals surface area contributed by atoms with Crippen LogP contribution in [-0.2, 0) is 11.3 Å². The lowest BCUT2D eigenvalue weighted by atomic mass is 10.2. The summed E-state index contributed by atoms with van der Waals surface area (Å²) >= 11 is 6.19. The number of halogens is 1. The monoisotopic (exact) mass is 295 g/mol. The standard InChI is InChI=1S/C13H18ClN5O/c1-20-8-4-2-3-7-19-13(16-17-18-19)11-6-5-10(15)9-12(11)14/h5-6,9H,2-4,7-8,15H2,1H3. The molecule has 0 atom stereocenters. The fourth-order valence-electron chi connectivity index (χ4n) is 1.95. The maximum atomic E-state index is 6.19. The third-order valence-electron chi connectivity index (χ3n) is 2.98. The normalized spacial score (nSPS) is 10.9. The highest BCUT2D eigenvalue weighted by Crippen LogP contribution is 2.27. The molecular formula is C13H18ClN5O. The first-order valence-corrected chi connectivity index (χ1v) is 6.90. The molecule has 6 nitrogen and oxygen atoms in total. The molecule has 20 heavy (non-hydrogen) atoms. The van der Waals surface area contributed by atoms with Crippen LogP contribution in [0.5, 0.6) is 0 Å². The number of unbranched alkanes of at least 4 members (excludes halogenated alkanes) is 2. The fraction of sp³-hybridized carbons (Fsp3) is 0.462. The van der Waals surface area contributed by atoms with Gasteiger partial charge in [0.15, 0.2) is 5.82 Å². The Morgan fingerprint density at radius 3 is 2.90 bits per heavy atom. The Hall–Kier alpha value is -1.66. The highest BCUT2D eigenvalue weighted by molar-refractivity contribution is 6.33. The summed E-state index contributed by atoms with van der Waals surface area (Å²) in [5.74, 6) is 0.668. The number of aryl methyl sites for hydroxylation is 1. The highest BCUT2D eigenvalue weighted by Gasteiger charge is 2.12. The van der Waals surface area contributed by atoms with Gasteiger partial charge in [0.2, 0.25) is 0 Å². The van der Waals surface area contributed by atoms with E-state index in [-0.39, 0.29) is 0 Å². The van der Waals surface area contributed by atoms with Crippen molar-refractivity contribution in [3.8, 4) is 11.4 Å². The molecule has 1 aromatic heterocycles. The number of ether oxygens (including phenoxy) is 1. The van der Waals surface area contributed by atoms with Gasteiger partial charge in [-0.2, -0.15) is 0 Å². The zero-order valence-electron chi connectivity index (χ0n) is 11.4. The first kappa shape index (κ1) is 14.7. The lowest BCUT2D eigenvalue weighted by Crippen LogP contribution is -2.04. The number of methoxy groups -OCH3 is 1. The van der Waals surface area contributed by atoms with Crippen molar-refractivity contribution in [2.75, 3.05) is 19.5 Å². The number of rotatable bonds is 7. The van der Waals surface area contributed by atoms with E-state index in [9.17, 15) is 0 Å². The van der Waals surface area contributed by atoms with Crippen molar-refractivity contribution >= 4 is 17.3 Å². The summed E-state index contributed by atoms with van der Waals surface area (Å²) in [4.78, 5) is 0. The molecule has 1 aromatic carbocycles. The van der Waals surface area contributed by atoms with E-state index in [4.69, 9.17) is 22.1 Å². The zero-order valence-corrected chi connectivity index (χ0v) is 12.2. The largest absolute Gasteiger partial charge is 0.399 e. The Morgan fingerprint density at radius 1 is 1.30 bits per heavy atom. The summed E-state index contributed by atoms with van der Waals surface area (Å²) in [7, 11) is 1.71. The molecule has 108 valence electrons. The number of nitrogens with zero attached hydrogens (tertiary/aromatic N) is 4. The second-order valence-corrected chi connectivity index (χ2v) is 4.93. The summed E-state index contributed by atoms with van der Waals surface area (Å²) in [6.07, 6.45) is 3.10. The van der Waals surface area contributed by atoms with E-state index in [2.05, 4.69) is 15.5 Å². The second-order valence-electron chi connectivity index (χ2n) is 4.52. The van der Waals surface area contributed by atoms with E-state index in [1.165, 1.54) is 0 Å². The molecule has 0 aliphatic rings. The number of nitrogens with two attached hydrogens (primary N) is 1. The summed E-state index contributed by atoms with van der Waals surface area (Å²) in [6, 6.07) is 5.33. The Labute approximate surface area is 122 Å². The Kier molecular flexibility index (Phi) is 5.31. The van der Waals surface area contributed by atoms with Gasteiger partial charge in [-0.05, 0) is 47.9 Å². The minimum absolute atomic E-state index is 0.556. The van der Waals surface area contributed by atoms with E-state index in [0.717, 1.165) is 38.0 Å². The Morgan fingerprint density at radius 2 is 2.15 bits per heavy atom. The molecule has 2 N–H and O–H groups in total. The van der Waals surface area contributed by atoms with E-state index in [1.807, 2.05) is 6.07 Å². The predicted molar refractivity (Wildman–Crippen MR) is 78.4 cm³/mol. The van der Waals surface area contributed by atoms with Crippen molar-refractivity contribution in [1.82, 2.24) is 20.2 Å². The number of hydrogen-bond acceptors (Lipinski definition) is 5. The van der Waals surface area contributed by atoms with Crippen LogP contribution in [0.25, 0.3) is 11.4 Å². The van der Waals surface area contributed by atoms with Crippen LogP contribution in [0.15, 0.2) is 18.2 Å². The lowest BCUT2D eigenvalue weighted by Gasteiger charge is -2.06. The second kappa shape index (κ2) is 7.21. The molecule has 0 saturated carbocycles. The summed E-state index contributed by atoms with van der Waals surface area (Å²) in [5.41, 5.74) is 7.11. The topological polar surface area (TPSA) is 78.8 Å². The van der Waals surface area contributed by atoms with Crippen molar-refractivity contribution in [1.29, 1.82) is 0 Å². The number of aromatic nitrogens is 4. The molecule has 0 aliphatic carbocycles. The maximum Gasteiger partial charge on any atom is 0.183 e. The number of tetrazole rings is 1. The molecule has 0 amide bonds. The highest BCUT2D eigenvalue weighted by atomic mass is 35.5. The summed E-state index contributed by atoms with van der Waals surface area (Å²) in [5, 5.41) is 12.3. The average Bonchev–Trinajstić information content (AvgIpc) is 2.87. The summed E-state index contributed by atoms with van der Waals surface area (Å²) < 4.78 is 6.79. The molecule has 2 rings (SSSR count). The number of nitrogen functional groups attached to an aromatic ring is 1. The number of anilines is 1.